The number of allylic oxidation sites excluding steroid dienone is 2. The molecular weight excluding hydrogens is 228 g/mol. The molecule has 98 valence electrons. The second-order valence-electron chi connectivity index (χ2n) is 6.46. The van der Waals surface area contributed by atoms with Crippen molar-refractivity contribution < 1.29 is 15.0 Å². The first-order chi connectivity index (χ1) is 8.23. The summed E-state index contributed by atoms with van der Waals surface area (Å²) < 4.78 is 0. The molecule has 3 nitrogen and oxygen atoms in total. The molecule has 0 amide bonds. The zero-order valence-corrected chi connectivity index (χ0v) is 11.4. The van der Waals surface area contributed by atoms with E-state index in [1.54, 1.807) is 13.8 Å². The fraction of sp³-hybridized carbons (Fsp3) is 0.667. The van der Waals surface area contributed by atoms with E-state index in [4.69, 9.17) is 0 Å². The number of carbonyl (C=O) groups is 1. The Labute approximate surface area is 107 Å². The minimum absolute atomic E-state index is 0.0292. The number of aliphatic hydroxyl groups excluding tert-OH is 1. The number of carbonyl (C=O) groups excluding carboxylic acids is 1. The molecule has 0 radical (unpaired) electrons. The third kappa shape index (κ3) is 1.06. The summed E-state index contributed by atoms with van der Waals surface area (Å²) in [5.74, 6) is -0.200. The van der Waals surface area contributed by atoms with Gasteiger partial charge in [-0.15, -0.1) is 0 Å². The molecule has 18 heavy (non-hydrogen) atoms. The predicted molar refractivity (Wildman–Crippen MR) is 67.9 cm³/mol. The lowest BCUT2D eigenvalue weighted by molar-refractivity contribution is -0.116. The number of aliphatic hydroxyl groups is 2. The fourth-order valence-corrected chi connectivity index (χ4v) is 4.13. The van der Waals surface area contributed by atoms with Gasteiger partial charge in [-0.3, -0.25) is 4.79 Å². The third-order valence-corrected chi connectivity index (χ3v) is 5.67. The highest BCUT2D eigenvalue weighted by atomic mass is 16.3. The first kappa shape index (κ1) is 12.1. The predicted octanol–water partition coefficient (Wildman–Crippen LogP) is 1.74. The van der Waals surface area contributed by atoms with Crippen LogP contribution in [-0.2, 0) is 4.79 Å². The molecule has 3 aliphatic carbocycles. The van der Waals surface area contributed by atoms with Crippen LogP contribution in [0.15, 0.2) is 22.3 Å². The van der Waals surface area contributed by atoms with Gasteiger partial charge in [0.05, 0.1) is 6.10 Å². The highest BCUT2D eigenvalue weighted by molar-refractivity contribution is 6.11. The van der Waals surface area contributed by atoms with Crippen LogP contribution >= 0.6 is 0 Å². The third-order valence-electron chi connectivity index (χ3n) is 5.67. The van der Waals surface area contributed by atoms with Crippen molar-refractivity contribution in [3.8, 4) is 0 Å². The zero-order chi connectivity index (χ0) is 13.5. The van der Waals surface area contributed by atoms with Crippen molar-refractivity contribution in [2.75, 3.05) is 0 Å². The van der Waals surface area contributed by atoms with E-state index in [0.717, 1.165) is 18.4 Å². The van der Waals surface area contributed by atoms with Gasteiger partial charge in [-0.1, -0.05) is 12.5 Å². The standard InChI is InChI=1S/C15H20O3/c1-7-9-5-6-14(9,3)11-10(12(7)16)8(2)15(4,18)13(11)17/h11,13,17-18H,5-6H2,1-4H3/t11-,13-,14-,15+/m0/s1. The second kappa shape index (κ2) is 3.14. The number of fused-ring (bicyclic) bond motifs is 3. The summed E-state index contributed by atoms with van der Waals surface area (Å²) >= 11 is 0. The number of hydrogen-bond acceptors (Lipinski definition) is 3. The maximum Gasteiger partial charge on any atom is 0.185 e. The highest BCUT2D eigenvalue weighted by Crippen LogP contribution is 2.63. The minimum atomic E-state index is -1.27. The molecule has 3 heteroatoms. The number of Topliss-reactive ketones (excluding diaryl/α,β-unsaturated/α-hetero) is 1. The maximum absolute atomic E-state index is 12.4. The van der Waals surface area contributed by atoms with E-state index >= 15 is 0 Å². The average Bonchev–Trinajstić information content (AvgIpc) is 2.45. The summed E-state index contributed by atoms with van der Waals surface area (Å²) in [7, 11) is 0. The lowest BCUT2D eigenvalue weighted by Gasteiger charge is -2.52. The zero-order valence-electron chi connectivity index (χ0n) is 11.4. The van der Waals surface area contributed by atoms with Gasteiger partial charge in [0.15, 0.2) is 5.78 Å². The van der Waals surface area contributed by atoms with Crippen molar-refractivity contribution in [3.63, 3.8) is 0 Å². The van der Waals surface area contributed by atoms with E-state index in [1.165, 1.54) is 5.57 Å². The molecule has 0 saturated heterocycles. The van der Waals surface area contributed by atoms with E-state index < -0.39 is 11.7 Å². The van der Waals surface area contributed by atoms with Crippen LogP contribution in [0.1, 0.15) is 40.5 Å². The Morgan fingerprint density at radius 1 is 1.28 bits per heavy atom. The first-order valence-electron chi connectivity index (χ1n) is 6.59. The normalized spacial score (nSPS) is 47.1. The summed E-state index contributed by atoms with van der Waals surface area (Å²) in [5.41, 5.74) is 1.93. The van der Waals surface area contributed by atoms with Gasteiger partial charge >= 0.3 is 0 Å². The van der Waals surface area contributed by atoms with Crippen molar-refractivity contribution in [3.05, 3.63) is 22.3 Å². The summed E-state index contributed by atoms with van der Waals surface area (Å²) in [4.78, 5) is 12.4. The van der Waals surface area contributed by atoms with Gasteiger partial charge in [0.25, 0.3) is 0 Å². The number of rotatable bonds is 0. The van der Waals surface area contributed by atoms with Crippen LogP contribution in [0.2, 0.25) is 0 Å². The molecule has 0 bridgehead atoms. The summed E-state index contributed by atoms with van der Waals surface area (Å²) in [6.45, 7) is 7.38. The fourth-order valence-electron chi connectivity index (χ4n) is 4.13. The van der Waals surface area contributed by atoms with Gasteiger partial charge in [0.2, 0.25) is 0 Å². The Hall–Kier alpha value is -0.930. The van der Waals surface area contributed by atoms with Crippen molar-refractivity contribution in [1.82, 2.24) is 0 Å². The first-order valence-corrected chi connectivity index (χ1v) is 6.59. The van der Waals surface area contributed by atoms with E-state index in [1.807, 2.05) is 6.92 Å². The Morgan fingerprint density at radius 2 is 1.89 bits per heavy atom. The topological polar surface area (TPSA) is 57.5 Å². The molecule has 0 aliphatic heterocycles. The summed E-state index contributed by atoms with van der Waals surface area (Å²) in [6.07, 6.45) is 1.07. The van der Waals surface area contributed by atoms with E-state index in [0.29, 0.717) is 11.1 Å². The molecule has 0 aromatic rings. The molecule has 0 spiro atoms. The van der Waals surface area contributed by atoms with Crippen molar-refractivity contribution in [2.45, 2.75) is 52.2 Å². The molecule has 0 unspecified atom stereocenters. The lowest BCUT2D eigenvalue weighted by Crippen LogP contribution is -2.51. The Balaban J connectivity index is 2.26. The molecule has 2 N–H and O–H groups in total. The van der Waals surface area contributed by atoms with Crippen LogP contribution < -0.4 is 0 Å². The van der Waals surface area contributed by atoms with Crippen molar-refractivity contribution in [2.24, 2.45) is 11.3 Å². The van der Waals surface area contributed by atoms with E-state index in [9.17, 15) is 15.0 Å². The van der Waals surface area contributed by atoms with Crippen molar-refractivity contribution in [1.29, 1.82) is 0 Å². The highest BCUT2D eigenvalue weighted by Gasteiger charge is 2.61. The number of ketones is 1. The average molecular weight is 248 g/mol. The van der Waals surface area contributed by atoms with Crippen LogP contribution in [0.4, 0.5) is 0 Å². The molecular formula is C15H20O3. The van der Waals surface area contributed by atoms with Gasteiger partial charge in [-0.05, 0) is 50.2 Å². The van der Waals surface area contributed by atoms with Gasteiger partial charge in [0.1, 0.15) is 5.60 Å². The van der Waals surface area contributed by atoms with Crippen LogP contribution in [0.3, 0.4) is 0 Å². The maximum atomic E-state index is 12.4. The van der Waals surface area contributed by atoms with Crippen LogP contribution in [-0.4, -0.2) is 27.7 Å². The molecule has 3 aliphatic rings. The smallest absolute Gasteiger partial charge is 0.185 e. The van der Waals surface area contributed by atoms with Gasteiger partial charge in [-0.2, -0.15) is 0 Å². The van der Waals surface area contributed by atoms with Crippen LogP contribution in [0.5, 0.6) is 0 Å². The SMILES string of the molecule is CC1=C2CC[C@]2(C)[C@H]2C(=C(C)[C@@](C)(O)[C@H]2O)C1=O. The monoisotopic (exact) mass is 248 g/mol. The molecule has 1 saturated carbocycles. The molecule has 0 heterocycles. The molecule has 1 fully saturated rings. The van der Waals surface area contributed by atoms with Crippen LogP contribution in [0.25, 0.3) is 0 Å². The largest absolute Gasteiger partial charge is 0.389 e. The second-order valence-corrected chi connectivity index (χ2v) is 6.46. The summed E-state index contributed by atoms with van der Waals surface area (Å²) in [6, 6.07) is 0. The quantitative estimate of drug-likeness (QED) is 0.686. The van der Waals surface area contributed by atoms with Gasteiger partial charge in [-0.25, -0.2) is 0 Å². The van der Waals surface area contributed by atoms with Gasteiger partial charge in [0, 0.05) is 11.5 Å². The Morgan fingerprint density at radius 3 is 2.39 bits per heavy atom. The number of hydrogen-bond donors (Lipinski definition) is 2. The molecule has 0 aromatic heterocycles. The molecule has 0 aromatic carbocycles. The lowest BCUT2D eigenvalue weighted by atomic mass is 9.52. The van der Waals surface area contributed by atoms with Crippen molar-refractivity contribution >= 4 is 5.78 Å². The van der Waals surface area contributed by atoms with Gasteiger partial charge < -0.3 is 10.2 Å². The summed E-state index contributed by atoms with van der Waals surface area (Å²) in [5, 5.41) is 20.9. The van der Waals surface area contributed by atoms with Crippen LogP contribution in [0, 0.1) is 11.3 Å². The van der Waals surface area contributed by atoms with E-state index in [2.05, 4.69) is 6.92 Å². The molecule has 4 atom stereocenters. The Kier molecular flexibility index (Phi) is 2.12. The Bertz CT molecular complexity index is 524. The minimum Gasteiger partial charge on any atom is -0.389 e. The molecule has 3 rings (SSSR count). The van der Waals surface area contributed by atoms with E-state index in [-0.39, 0.29) is 17.1 Å².